The zero-order valence-corrected chi connectivity index (χ0v) is 12.3. The highest BCUT2D eigenvalue weighted by Gasteiger charge is 2.42. The van der Waals surface area contributed by atoms with E-state index >= 15 is 0 Å². The van der Waals surface area contributed by atoms with Gasteiger partial charge in [-0.25, -0.2) is 4.79 Å². The van der Waals surface area contributed by atoms with Crippen LogP contribution in [0.15, 0.2) is 0 Å². The summed E-state index contributed by atoms with van der Waals surface area (Å²) in [7, 11) is 0. The van der Waals surface area contributed by atoms with Crippen LogP contribution in [0.25, 0.3) is 0 Å². The Balaban J connectivity index is 2.01. The van der Waals surface area contributed by atoms with Crippen LogP contribution in [0.4, 0.5) is 0 Å². The van der Waals surface area contributed by atoms with Crippen molar-refractivity contribution in [2.75, 3.05) is 19.8 Å². The Morgan fingerprint density at radius 3 is 2.74 bits per heavy atom. The second-order valence-electron chi connectivity index (χ2n) is 6.28. The number of esters is 1. The van der Waals surface area contributed by atoms with Crippen molar-refractivity contribution in [1.82, 2.24) is 0 Å². The van der Waals surface area contributed by atoms with Gasteiger partial charge in [-0.2, -0.15) is 0 Å². The number of hydrogen-bond donors (Lipinski definition) is 0. The lowest BCUT2D eigenvalue weighted by Gasteiger charge is -2.43. The molecular formula is C15H26O4. The van der Waals surface area contributed by atoms with Gasteiger partial charge in [0.05, 0.1) is 19.8 Å². The largest absolute Gasteiger partial charge is 0.457 e. The summed E-state index contributed by atoms with van der Waals surface area (Å²) in [5.74, 6) is 0.707. The highest BCUT2D eigenvalue weighted by atomic mass is 16.6. The lowest BCUT2D eigenvalue weighted by Crippen LogP contribution is -2.48. The van der Waals surface area contributed by atoms with Crippen LogP contribution >= 0.6 is 0 Å². The fourth-order valence-electron chi connectivity index (χ4n) is 3.17. The third-order valence-electron chi connectivity index (χ3n) is 4.43. The average molecular weight is 270 g/mol. The molecule has 0 bridgehead atoms. The van der Waals surface area contributed by atoms with E-state index in [1.165, 1.54) is 6.42 Å². The molecule has 2 fully saturated rings. The minimum absolute atomic E-state index is 0.248. The van der Waals surface area contributed by atoms with Crippen molar-refractivity contribution in [3.05, 3.63) is 0 Å². The third-order valence-corrected chi connectivity index (χ3v) is 4.43. The molecule has 2 rings (SSSR count). The molecule has 3 unspecified atom stereocenters. The summed E-state index contributed by atoms with van der Waals surface area (Å²) in [5, 5.41) is 0. The van der Waals surface area contributed by atoms with Gasteiger partial charge in [0.15, 0.2) is 6.10 Å². The highest BCUT2D eigenvalue weighted by molar-refractivity contribution is 5.75. The summed E-state index contributed by atoms with van der Waals surface area (Å²) in [6.45, 7) is 7.89. The summed E-state index contributed by atoms with van der Waals surface area (Å²) in [6.07, 6.45) is 3.75. The molecule has 0 radical (unpaired) electrons. The van der Waals surface area contributed by atoms with Crippen molar-refractivity contribution in [2.24, 2.45) is 11.8 Å². The van der Waals surface area contributed by atoms with Crippen LogP contribution < -0.4 is 0 Å². The van der Waals surface area contributed by atoms with Gasteiger partial charge in [0.25, 0.3) is 0 Å². The molecule has 0 spiro atoms. The quantitative estimate of drug-likeness (QED) is 0.739. The molecule has 1 saturated heterocycles. The molecule has 3 atom stereocenters. The molecule has 0 aromatic heterocycles. The SMILES string of the molecule is CC1CCCC(OC(=O)C2COCCO2)(C(C)C)C1. The number of ether oxygens (including phenoxy) is 3. The summed E-state index contributed by atoms with van der Waals surface area (Å²) in [6, 6.07) is 0. The van der Waals surface area contributed by atoms with E-state index in [9.17, 15) is 4.79 Å². The van der Waals surface area contributed by atoms with Gasteiger partial charge in [0.1, 0.15) is 5.60 Å². The molecule has 0 aromatic carbocycles. The predicted molar refractivity (Wildman–Crippen MR) is 71.9 cm³/mol. The molecule has 2 aliphatic rings. The smallest absolute Gasteiger partial charge is 0.338 e. The number of carbonyl (C=O) groups is 1. The molecule has 110 valence electrons. The maximum absolute atomic E-state index is 12.3. The fourth-order valence-corrected chi connectivity index (χ4v) is 3.17. The minimum Gasteiger partial charge on any atom is -0.457 e. The molecule has 1 heterocycles. The van der Waals surface area contributed by atoms with Crippen molar-refractivity contribution < 1.29 is 19.0 Å². The first-order chi connectivity index (χ1) is 9.03. The Labute approximate surface area is 115 Å². The van der Waals surface area contributed by atoms with Crippen molar-refractivity contribution in [2.45, 2.75) is 58.2 Å². The molecule has 4 nitrogen and oxygen atoms in total. The van der Waals surface area contributed by atoms with Crippen LogP contribution in [0.5, 0.6) is 0 Å². The van der Waals surface area contributed by atoms with Gasteiger partial charge in [-0.3, -0.25) is 0 Å². The molecule has 0 amide bonds. The van der Waals surface area contributed by atoms with Gasteiger partial charge in [-0.05, 0) is 31.1 Å². The zero-order valence-electron chi connectivity index (χ0n) is 12.3. The summed E-state index contributed by atoms with van der Waals surface area (Å²) in [4.78, 5) is 12.3. The van der Waals surface area contributed by atoms with Crippen molar-refractivity contribution in [3.63, 3.8) is 0 Å². The predicted octanol–water partition coefficient (Wildman–Crippen LogP) is 2.55. The summed E-state index contributed by atoms with van der Waals surface area (Å²) >= 11 is 0. The first-order valence-electron chi connectivity index (χ1n) is 7.46. The van der Waals surface area contributed by atoms with Crippen molar-refractivity contribution >= 4 is 5.97 Å². The number of rotatable bonds is 3. The summed E-state index contributed by atoms with van der Waals surface area (Å²) in [5.41, 5.74) is -0.310. The lowest BCUT2D eigenvalue weighted by atomic mass is 9.73. The maximum atomic E-state index is 12.3. The number of carbonyl (C=O) groups excluding carboxylic acids is 1. The third kappa shape index (κ3) is 3.48. The van der Waals surface area contributed by atoms with E-state index in [0.717, 1.165) is 19.3 Å². The Hall–Kier alpha value is -0.610. The standard InChI is InChI=1S/C15H26O4/c1-11(2)15(6-4-5-12(3)9-15)19-14(16)13-10-17-7-8-18-13/h11-13H,4-10H2,1-3H3. The van der Waals surface area contributed by atoms with Gasteiger partial charge in [-0.1, -0.05) is 27.2 Å². The molecule has 1 saturated carbocycles. The van der Waals surface area contributed by atoms with E-state index in [0.29, 0.717) is 31.7 Å². The molecule has 19 heavy (non-hydrogen) atoms. The van der Waals surface area contributed by atoms with E-state index in [4.69, 9.17) is 14.2 Å². The van der Waals surface area contributed by atoms with Gasteiger partial charge in [0, 0.05) is 0 Å². The lowest BCUT2D eigenvalue weighted by molar-refractivity contribution is -0.195. The zero-order chi connectivity index (χ0) is 13.9. The Morgan fingerprint density at radius 1 is 1.37 bits per heavy atom. The Bertz CT molecular complexity index is 309. The minimum atomic E-state index is -0.540. The van der Waals surface area contributed by atoms with Gasteiger partial charge in [0.2, 0.25) is 0 Å². The second kappa shape index (κ2) is 6.23. The maximum Gasteiger partial charge on any atom is 0.338 e. The monoisotopic (exact) mass is 270 g/mol. The topological polar surface area (TPSA) is 44.8 Å². The van der Waals surface area contributed by atoms with Crippen LogP contribution in [0.2, 0.25) is 0 Å². The van der Waals surface area contributed by atoms with E-state index in [-0.39, 0.29) is 11.6 Å². The molecule has 1 aliphatic carbocycles. The highest BCUT2D eigenvalue weighted by Crippen LogP contribution is 2.40. The fraction of sp³-hybridized carbons (Fsp3) is 0.933. The van der Waals surface area contributed by atoms with Crippen molar-refractivity contribution in [1.29, 1.82) is 0 Å². The number of hydrogen-bond acceptors (Lipinski definition) is 4. The van der Waals surface area contributed by atoms with Crippen molar-refractivity contribution in [3.8, 4) is 0 Å². The second-order valence-corrected chi connectivity index (χ2v) is 6.28. The Morgan fingerprint density at radius 2 is 2.16 bits per heavy atom. The molecule has 0 aromatic rings. The van der Waals surface area contributed by atoms with Gasteiger partial charge < -0.3 is 14.2 Å². The molecular weight excluding hydrogens is 244 g/mol. The van der Waals surface area contributed by atoms with Crippen LogP contribution in [-0.2, 0) is 19.0 Å². The first-order valence-corrected chi connectivity index (χ1v) is 7.46. The molecule has 1 aliphatic heterocycles. The van der Waals surface area contributed by atoms with Gasteiger partial charge >= 0.3 is 5.97 Å². The van der Waals surface area contributed by atoms with Crippen LogP contribution in [0.1, 0.15) is 46.5 Å². The Kier molecular flexibility index (Phi) is 4.85. The van der Waals surface area contributed by atoms with Crippen LogP contribution in [0, 0.1) is 11.8 Å². The summed E-state index contributed by atoms with van der Waals surface area (Å²) < 4.78 is 16.6. The van der Waals surface area contributed by atoms with E-state index in [2.05, 4.69) is 20.8 Å². The normalized spacial score (nSPS) is 36.2. The van der Waals surface area contributed by atoms with E-state index in [1.807, 2.05) is 0 Å². The molecule has 0 N–H and O–H groups in total. The van der Waals surface area contributed by atoms with E-state index in [1.54, 1.807) is 0 Å². The average Bonchev–Trinajstić information content (AvgIpc) is 2.39. The van der Waals surface area contributed by atoms with Crippen LogP contribution in [-0.4, -0.2) is 37.5 Å². The molecule has 4 heteroatoms. The van der Waals surface area contributed by atoms with Gasteiger partial charge in [-0.15, -0.1) is 0 Å². The van der Waals surface area contributed by atoms with Crippen LogP contribution in [0.3, 0.4) is 0 Å². The first kappa shape index (κ1) is 14.8. The van der Waals surface area contributed by atoms with E-state index < -0.39 is 6.10 Å².